The van der Waals surface area contributed by atoms with E-state index in [0.29, 0.717) is 11.3 Å². The largest absolute Gasteiger partial charge is 0.495 e. The van der Waals surface area contributed by atoms with Crippen LogP contribution in [-0.4, -0.2) is 18.1 Å². The van der Waals surface area contributed by atoms with E-state index in [1.807, 2.05) is 31.2 Å². The minimum absolute atomic E-state index is 0.233. The maximum absolute atomic E-state index is 12.0. The van der Waals surface area contributed by atoms with Crippen molar-refractivity contribution in [3.63, 3.8) is 0 Å². The molecule has 0 atom stereocenters. The van der Waals surface area contributed by atoms with Crippen LogP contribution < -0.4 is 15.4 Å². The minimum Gasteiger partial charge on any atom is -0.495 e. The first-order valence-electron chi connectivity index (χ1n) is 6.43. The molecule has 2 aromatic carbocycles. The number of ether oxygens (including phenoxy) is 1. The fourth-order valence-electron chi connectivity index (χ4n) is 1.88. The van der Waals surface area contributed by atoms with Gasteiger partial charge in [0.05, 0.1) is 12.8 Å². The third-order valence-corrected chi connectivity index (χ3v) is 3.16. The van der Waals surface area contributed by atoms with Crippen molar-refractivity contribution in [1.29, 1.82) is 0 Å². The zero-order valence-corrected chi connectivity index (χ0v) is 12.7. The standard InChI is InChI=1S/C16H16N2O2S/c1-11-7-6-10-13(20-2)14(11)17-16(21)18-15(19)12-8-4-3-5-9-12/h3-10H,1-2H3,(H2,17,18,19,21). The van der Waals surface area contributed by atoms with Gasteiger partial charge >= 0.3 is 0 Å². The zero-order valence-electron chi connectivity index (χ0n) is 11.8. The molecule has 0 aromatic heterocycles. The lowest BCUT2D eigenvalue weighted by molar-refractivity contribution is 0.0977. The smallest absolute Gasteiger partial charge is 0.257 e. The van der Waals surface area contributed by atoms with Gasteiger partial charge in [0.25, 0.3) is 5.91 Å². The monoisotopic (exact) mass is 300 g/mol. The molecule has 2 rings (SSSR count). The van der Waals surface area contributed by atoms with Crippen LogP contribution in [0.3, 0.4) is 0 Å². The minimum atomic E-state index is -0.249. The highest BCUT2D eigenvalue weighted by molar-refractivity contribution is 7.80. The molecule has 0 bridgehead atoms. The summed E-state index contributed by atoms with van der Waals surface area (Å²) in [6.45, 7) is 1.94. The molecule has 0 saturated heterocycles. The predicted octanol–water partition coefficient (Wildman–Crippen LogP) is 3.13. The van der Waals surface area contributed by atoms with E-state index in [1.54, 1.807) is 31.4 Å². The van der Waals surface area contributed by atoms with E-state index >= 15 is 0 Å². The highest BCUT2D eigenvalue weighted by atomic mass is 32.1. The summed E-state index contributed by atoms with van der Waals surface area (Å²) in [4.78, 5) is 12.0. The summed E-state index contributed by atoms with van der Waals surface area (Å²) in [5.41, 5.74) is 2.28. The first-order valence-corrected chi connectivity index (χ1v) is 6.83. The summed E-state index contributed by atoms with van der Waals surface area (Å²) in [7, 11) is 1.59. The summed E-state index contributed by atoms with van der Waals surface area (Å²) in [6, 6.07) is 14.6. The van der Waals surface area contributed by atoms with Gasteiger partial charge in [-0.2, -0.15) is 0 Å². The van der Waals surface area contributed by atoms with E-state index in [9.17, 15) is 4.79 Å². The molecule has 0 fully saturated rings. The highest BCUT2D eigenvalue weighted by Gasteiger charge is 2.11. The van der Waals surface area contributed by atoms with Gasteiger partial charge in [-0.1, -0.05) is 30.3 Å². The molecule has 4 nitrogen and oxygen atoms in total. The van der Waals surface area contributed by atoms with Crippen LogP contribution in [0.2, 0.25) is 0 Å². The molecular formula is C16H16N2O2S. The Balaban J connectivity index is 2.08. The third kappa shape index (κ3) is 3.79. The topological polar surface area (TPSA) is 50.4 Å². The molecule has 0 radical (unpaired) electrons. The Labute approximate surface area is 129 Å². The molecule has 0 aliphatic heterocycles. The van der Waals surface area contributed by atoms with Gasteiger partial charge in [-0.25, -0.2) is 0 Å². The van der Waals surface area contributed by atoms with Crippen molar-refractivity contribution in [2.75, 3.05) is 12.4 Å². The van der Waals surface area contributed by atoms with Gasteiger partial charge in [0.15, 0.2) is 5.11 Å². The van der Waals surface area contributed by atoms with Crippen molar-refractivity contribution >= 4 is 28.9 Å². The van der Waals surface area contributed by atoms with Crippen LogP contribution in [0.25, 0.3) is 0 Å². The Morgan fingerprint density at radius 3 is 2.48 bits per heavy atom. The number of nitrogens with one attached hydrogen (secondary N) is 2. The lowest BCUT2D eigenvalue weighted by Crippen LogP contribution is -2.34. The maximum Gasteiger partial charge on any atom is 0.257 e. The molecule has 2 N–H and O–H groups in total. The summed E-state index contributed by atoms with van der Waals surface area (Å²) in [5.74, 6) is 0.423. The second kappa shape index (κ2) is 6.85. The van der Waals surface area contributed by atoms with E-state index < -0.39 is 0 Å². The van der Waals surface area contributed by atoms with Crippen LogP contribution in [0.15, 0.2) is 48.5 Å². The van der Waals surface area contributed by atoms with Crippen molar-refractivity contribution in [2.45, 2.75) is 6.92 Å². The number of anilines is 1. The van der Waals surface area contributed by atoms with Crippen LogP contribution in [0.5, 0.6) is 5.75 Å². The molecule has 0 unspecified atom stereocenters. The molecule has 21 heavy (non-hydrogen) atoms. The molecule has 0 heterocycles. The Hall–Kier alpha value is -2.40. The van der Waals surface area contributed by atoms with Gasteiger partial charge in [0.2, 0.25) is 0 Å². The SMILES string of the molecule is COc1cccc(C)c1NC(=S)NC(=O)c1ccccc1. The number of amides is 1. The van der Waals surface area contributed by atoms with Crippen LogP contribution in [0.4, 0.5) is 5.69 Å². The molecule has 108 valence electrons. The van der Waals surface area contributed by atoms with Gasteiger partial charge in [0, 0.05) is 5.56 Å². The quantitative estimate of drug-likeness (QED) is 0.855. The summed E-state index contributed by atoms with van der Waals surface area (Å²) >= 11 is 5.18. The maximum atomic E-state index is 12.0. The number of carbonyl (C=O) groups is 1. The average molecular weight is 300 g/mol. The summed E-state index contributed by atoms with van der Waals surface area (Å²) in [5, 5.41) is 5.89. The number of methoxy groups -OCH3 is 1. The number of rotatable bonds is 3. The van der Waals surface area contributed by atoms with Crippen molar-refractivity contribution in [2.24, 2.45) is 0 Å². The molecule has 1 amide bonds. The number of para-hydroxylation sites is 1. The van der Waals surface area contributed by atoms with Crippen molar-refractivity contribution < 1.29 is 9.53 Å². The highest BCUT2D eigenvalue weighted by Crippen LogP contribution is 2.27. The second-order valence-electron chi connectivity index (χ2n) is 4.43. The predicted molar refractivity (Wildman–Crippen MR) is 87.9 cm³/mol. The van der Waals surface area contributed by atoms with E-state index in [1.165, 1.54) is 0 Å². The fourth-order valence-corrected chi connectivity index (χ4v) is 2.08. The van der Waals surface area contributed by atoms with Crippen LogP contribution in [0.1, 0.15) is 15.9 Å². The van der Waals surface area contributed by atoms with E-state index in [4.69, 9.17) is 17.0 Å². The van der Waals surface area contributed by atoms with Gasteiger partial charge in [-0.05, 0) is 42.9 Å². The Kier molecular flexibility index (Phi) is 4.90. The molecule has 2 aromatic rings. The van der Waals surface area contributed by atoms with E-state index in [-0.39, 0.29) is 11.0 Å². The molecular weight excluding hydrogens is 284 g/mol. The lowest BCUT2D eigenvalue weighted by atomic mass is 10.2. The first kappa shape index (κ1) is 15.0. The third-order valence-electron chi connectivity index (χ3n) is 2.96. The molecule has 0 aliphatic rings. The van der Waals surface area contributed by atoms with Gasteiger partial charge in [0.1, 0.15) is 5.75 Å². The molecule has 0 saturated carbocycles. The van der Waals surface area contributed by atoms with E-state index in [2.05, 4.69) is 10.6 Å². The first-order chi connectivity index (χ1) is 10.1. The summed E-state index contributed by atoms with van der Waals surface area (Å²) in [6.07, 6.45) is 0. The lowest BCUT2D eigenvalue weighted by Gasteiger charge is -2.15. The van der Waals surface area contributed by atoms with Gasteiger partial charge in [-0.3, -0.25) is 10.1 Å². The van der Waals surface area contributed by atoms with Gasteiger partial charge in [-0.15, -0.1) is 0 Å². The van der Waals surface area contributed by atoms with Crippen molar-refractivity contribution in [3.8, 4) is 5.75 Å². The molecule has 0 spiro atoms. The van der Waals surface area contributed by atoms with Crippen molar-refractivity contribution in [3.05, 3.63) is 59.7 Å². The number of carbonyl (C=O) groups excluding carboxylic acids is 1. The van der Waals surface area contributed by atoms with Crippen LogP contribution >= 0.6 is 12.2 Å². The Morgan fingerprint density at radius 2 is 1.81 bits per heavy atom. The number of hydrogen-bond donors (Lipinski definition) is 2. The van der Waals surface area contributed by atoms with Crippen molar-refractivity contribution in [1.82, 2.24) is 5.32 Å². The zero-order chi connectivity index (χ0) is 15.2. The number of hydrogen-bond acceptors (Lipinski definition) is 3. The van der Waals surface area contributed by atoms with Gasteiger partial charge < -0.3 is 10.1 Å². The number of thiocarbonyl (C=S) groups is 1. The Morgan fingerprint density at radius 1 is 1.10 bits per heavy atom. The van der Waals surface area contributed by atoms with Crippen LogP contribution in [-0.2, 0) is 0 Å². The summed E-state index contributed by atoms with van der Waals surface area (Å²) < 4.78 is 5.28. The number of benzene rings is 2. The van der Waals surface area contributed by atoms with Crippen LogP contribution in [0, 0.1) is 6.92 Å². The Bertz CT molecular complexity index is 657. The normalized spacial score (nSPS) is 9.81. The fraction of sp³-hybridized carbons (Fsp3) is 0.125. The molecule has 0 aliphatic carbocycles. The van der Waals surface area contributed by atoms with E-state index in [0.717, 1.165) is 11.3 Å². The second-order valence-corrected chi connectivity index (χ2v) is 4.83. The molecule has 5 heteroatoms. The average Bonchev–Trinajstić information content (AvgIpc) is 2.50. The number of aryl methyl sites for hydroxylation is 1.